The first kappa shape index (κ1) is 13.1. The second-order valence-corrected chi connectivity index (χ2v) is 5.22. The van der Waals surface area contributed by atoms with E-state index in [1.165, 1.54) is 0 Å². The van der Waals surface area contributed by atoms with E-state index < -0.39 is 0 Å². The van der Waals surface area contributed by atoms with Gasteiger partial charge in [-0.3, -0.25) is 4.79 Å². The largest absolute Gasteiger partial charge is 0.349 e. The molecule has 0 spiro atoms. The van der Waals surface area contributed by atoms with Gasteiger partial charge in [0.2, 0.25) is 5.91 Å². The lowest BCUT2D eigenvalue weighted by Crippen LogP contribution is -2.42. The molecule has 2 unspecified atom stereocenters. The molecule has 1 saturated heterocycles. The van der Waals surface area contributed by atoms with E-state index in [0.717, 1.165) is 24.9 Å². The van der Waals surface area contributed by atoms with Gasteiger partial charge in [-0.2, -0.15) is 0 Å². The van der Waals surface area contributed by atoms with Crippen molar-refractivity contribution in [3.05, 3.63) is 35.9 Å². The highest BCUT2D eigenvalue weighted by Crippen LogP contribution is 2.18. The third-order valence-electron chi connectivity index (χ3n) is 3.65. The minimum absolute atomic E-state index is 0.0869. The van der Waals surface area contributed by atoms with Crippen LogP contribution in [0.3, 0.4) is 0 Å². The topological polar surface area (TPSA) is 41.1 Å². The number of carbonyl (C=O) groups is 1. The lowest BCUT2D eigenvalue weighted by Gasteiger charge is -2.28. The number of hydrogen-bond donors (Lipinski definition) is 2. The van der Waals surface area contributed by atoms with Crippen molar-refractivity contribution in [1.82, 2.24) is 10.6 Å². The Balaban J connectivity index is 1.91. The van der Waals surface area contributed by atoms with Gasteiger partial charge >= 0.3 is 0 Å². The Labute approximate surface area is 109 Å². The molecule has 0 aliphatic carbocycles. The van der Waals surface area contributed by atoms with E-state index in [0.29, 0.717) is 6.04 Å². The Morgan fingerprint density at radius 3 is 2.78 bits per heavy atom. The van der Waals surface area contributed by atoms with Gasteiger partial charge in [0.15, 0.2) is 0 Å². The summed E-state index contributed by atoms with van der Waals surface area (Å²) in [6, 6.07) is 10.6. The Morgan fingerprint density at radius 2 is 2.11 bits per heavy atom. The summed E-state index contributed by atoms with van der Waals surface area (Å²) in [6.45, 7) is 5.12. The zero-order chi connectivity index (χ0) is 13.0. The predicted molar refractivity (Wildman–Crippen MR) is 73.2 cm³/mol. The van der Waals surface area contributed by atoms with Gasteiger partial charge < -0.3 is 10.6 Å². The summed E-state index contributed by atoms with van der Waals surface area (Å²) in [7, 11) is 0. The smallest absolute Gasteiger partial charge is 0.223 e. The lowest BCUT2D eigenvalue weighted by molar-refractivity contribution is -0.126. The molecule has 1 aromatic rings. The standard InChI is InChI=1S/C15H22N2O/c1-11-10-14(8-9-16-11)15(18)17-12(2)13-6-4-3-5-7-13/h3-7,11-12,14,16H,8-10H2,1-2H3,(H,17,18)/t11?,12-,14?/m1/s1. The number of hydrogen-bond acceptors (Lipinski definition) is 2. The fourth-order valence-corrected chi connectivity index (χ4v) is 2.53. The molecule has 0 aromatic heterocycles. The highest BCUT2D eigenvalue weighted by Gasteiger charge is 2.25. The van der Waals surface area contributed by atoms with Crippen LogP contribution in [0.15, 0.2) is 30.3 Å². The average Bonchev–Trinajstić information content (AvgIpc) is 2.39. The summed E-state index contributed by atoms with van der Waals surface area (Å²) >= 11 is 0. The zero-order valence-electron chi connectivity index (χ0n) is 11.1. The summed E-state index contributed by atoms with van der Waals surface area (Å²) in [4.78, 5) is 12.2. The summed E-state index contributed by atoms with van der Waals surface area (Å²) in [6.07, 6.45) is 1.88. The fourth-order valence-electron chi connectivity index (χ4n) is 2.53. The SMILES string of the molecule is CC1CC(C(=O)N[C@H](C)c2ccccc2)CCN1. The van der Waals surface area contributed by atoms with Crippen LogP contribution < -0.4 is 10.6 Å². The minimum atomic E-state index is 0.0869. The molecule has 3 atom stereocenters. The lowest BCUT2D eigenvalue weighted by atomic mass is 9.92. The summed E-state index contributed by atoms with van der Waals surface area (Å²) < 4.78 is 0. The fraction of sp³-hybridized carbons (Fsp3) is 0.533. The van der Waals surface area contributed by atoms with E-state index in [2.05, 4.69) is 29.7 Å². The van der Waals surface area contributed by atoms with E-state index in [1.54, 1.807) is 0 Å². The molecule has 0 radical (unpaired) electrons. The Morgan fingerprint density at radius 1 is 1.39 bits per heavy atom. The van der Waals surface area contributed by atoms with Crippen molar-refractivity contribution in [3.63, 3.8) is 0 Å². The monoisotopic (exact) mass is 246 g/mol. The van der Waals surface area contributed by atoms with Crippen molar-refractivity contribution in [2.45, 2.75) is 38.8 Å². The molecule has 1 amide bonds. The Kier molecular flexibility index (Phi) is 4.37. The van der Waals surface area contributed by atoms with Crippen molar-refractivity contribution >= 4 is 5.91 Å². The summed E-state index contributed by atoms with van der Waals surface area (Å²) in [5.74, 6) is 0.354. The third kappa shape index (κ3) is 3.33. The van der Waals surface area contributed by atoms with Gasteiger partial charge in [-0.25, -0.2) is 0 Å². The van der Waals surface area contributed by atoms with E-state index in [-0.39, 0.29) is 17.9 Å². The van der Waals surface area contributed by atoms with Gasteiger partial charge in [-0.05, 0) is 38.8 Å². The van der Waals surface area contributed by atoms with Gasteiger partial charge in [0.05, 0.1) is 6.04 Å². The van der Waals surface area contributed by atoms with Gasteiger partial charge in [0.1, 0.15) is 0 Å². The highest BCUT2D eigenvalue weighted by atomic mass is 16.1. The molecule has 1 aromatic carbocycles. The van der Waals surface area contributed by atoms with Crippen LogP contribution in [0.5, 0.6) is 0 Å². The van der Waals surface area contributed by atoms with Crippen molar-refractivity contribution < 1.29 is 4.79 Å². The summed E-state index contributed by atoms with van der Waals surface area (Å²) in [5, 5.41) is 6.49. The predicted octanol–water partition coefficient (Wildman–Crippen LogP) is 2.25. The van der Waals surface area contributed by atoms with Gasteiger partial charge in [0.25, 0.3) is 0 Å². The second kappa shape index (κ2) is 6.01. The average molecular weight is 246 g/mol. The molecule has 2 rings (SSSR count). The first-order chi connectivity index (χ1) is 8.66. The maximum absolute atomic E-state index is 12.2. The molecule has 0 saturated carbocycles. The zero-order valence-corrected chi connectivity index (χ0v) is 11.1. The quantitative estimate of drug-likeness (QED) is 0.859. The van der Waals surface area contributed by atoms with Crippen molar-refractivity contribution in [2.24, 2.45) is 5.92 Å². The Hall–Kier alpha value is -1.35. The summed E-state index contributed by atoms with van der Waals surface area (Å²) in [5.41, 5.74) is 1.16. The van der Waals surface area contributed by atoms with E-state index >= 15 is 0 Å². The van der Waals surface area contributed by atoms with Crippen LogP contribution >= 0.6 is 0 Å². The number of rotatable bonds is 3. The molecular weight excluding hydrogens is 224 g/mol. The van der Waals surface area contributed by atoms with Crippen LogP contribution in [0, 0.1) is 5.92 Å². The maximum atomic E-state index is 12.2. The second-order valence-electron chi connectivity index (χ2n) is 5.22. The van der Waals surface area contributed by atoms with Gasteiger partial charge in [-0.1, -0.05) is 30.3 Å². The van der Waals surface area contributed by atoms with Crippen LogP contribution in [0.1, 0.15) is 38.3 Å². The van der Waals surface area contributed by atoms with Crippen molar-refractivity contribution in [1.29, 1.82) is 0 Å². The number of carbonyl (C=O) groups excluding carboxylic acids is 1. The molecule has 18 heavy (non-hydrogen) atoms. The molecular formula is C15H22N2O. The van der Waals surface area contributed by atoms with E-state index in [1.807, 2.05) is 25.1 Å². The Bertz CT molecular complexity index is 391. The number of amides is 1. The first-order valence-electron chi connectivity index (χ1n) is 6.75. The third-order valence-corrected chi connectivity index (χ3v) is 3.65. The molecule has 3 nitrogen and oxygen atoms in total. The van der Waals surface area contributed by atoms with Crippen molar-refractivity contribution in [2.75, 3.05) is 6.54 Å². The molecule has 3 heteroatoms. The number of benzene rings is 1. The molecule has 1 fully saturated rings. The molecule has 1 aliphatic heterocycles. The van der Waals surface area contributed by atoms with E-state index in [9.17, 15) is 4.79 Å². The number of nitrogens with one attached hydrogen (secondary N) is 2. The normalized spacial score (nSPS) is 25.4. The number of piperidine rings is 1. The molecule has 98 valence electrons. The van der Waals surface area contributed by atoms with Crippen LogP contribution in [-0.4, -0.2) is 18.5 Å². The molecule has 1 aliphatic rings. The van der Waals surface area contributed by atoms with Gasteiger partial charge in [0, 0.05) is 12.0 Å². The highest BCUT2D eigenvalue weighted by molar-refractivity contribution is 5.79. The van der Waals surface area contributed by atoms with Crippen molar-refractivity contribution in [3.8, 4) is 0 Å². The van der Waals surface area contributed by atoms with Gasteiger partial charge in [-0.15, -0.1) is 0 Å². The molecule has 0 bridgehead atoms. The minimum Gasteiger partial charge on any atom is -0.349 e. The van der Waals surface area contributed by atoms with Crippen LogP contribution in [-0.2, 0) is 4.79 Å². The van der Waals surface area contributed by atoms with E-state index in [4.69, 9.17) is 0 Å². The van der Waals surface area contributed by atoms with Crippen LogP contribution in [0.2, 0.25) is 0 Å². The first-order valence-corrected chi connectivity index (χ1v) is 6.75. The van der Waals surface area contributed by atoms with Crippen LogP contribution in [0.25, 0.3) is 0 Å². The molecule has 2 N–H and O–H groups in total. The maximum Gasteiger partial charge on any atom is 0.223 e. The molecule has 1 heterocycles. The van der Waals surface area contributed by atoms with Crippen LogP contribution in [0.4, 0.5) is 0 Å².